The number of benzene rings is 1. The van der Waals surface area contributed by atoms with Crippen molar-refractivity contribution in [3.05, 3.63) is 48.2 Å². The second-order valence-corrected chi connectivity index (χ2v) is 10.8. The van der Waals surface area contributed by atoms with Gasteiger partial charge in [-0.3, -0.25) is 4.79 Å². The first-order chi connectivity index (χ1) is 15.4. The molecule has 0 radical (unpaired) electrons. The Morgan fingerprint density at radius 1 is 1.19 bits per heavy atom. The lowest BCUT2D eigenvalue weighted by molar-refractivity contribution is -0.118. The number of amides is 1. The number of methoxy groups -OCH3 is 1. The zero-order valence-electron chi connectivity index (χ0n) is 18.6. The van der Waals surface area contributed by atoms with E-state index in [0.29, 0.717) is 18.0 Å². The average molecular weight is 478 g/mol. The topological polar surface area (TPSA) is 88.6 Å². The molecule has 1 aromatic heterocycles. The van der Waals surface area contributed by atoms with Crippen molar-refractivity contribution in [1.29, 1.82) is 0 Å². The standard InChI is InChI=1S/C23H31N3O4S2/c1-26(19-9-4-3-5-10-19)32(28,29)20-12-13-23(25-16-20)31-17-22(27)24-15-14-18-8-6-7-11-21(18)30-2/h6-8,11-13,16,19H,3-5,9-10,14-15,17H2,1-2H3,(H,24,27). The Morgan fingerprint density at radius 3 is 2.62 bits per heavy atom. The predicted octanol–water partition coefficient (Wildman–Crippen LogP) is 3.49. The molecular weight excluding hydrogens is 446 g/mol. The summed E-state index contributed by atoms with van der Waals surface area (Å²) in [4.78, 5) is 16.6. The van der Waals surface area contributed by atoms with Crippen LogP contribution in [0.4, 0.5) is 0 Å². The van der Waals surface area contributed by atoms with Gasteiger partial charge in [0.25, 0.3) is 0 Å². The van der Waals surface area contributed by atoms with Crippen molar-refractivity contribution in [2.45, 2.75) is 54.5 Å². The highest BCUT2D eigenvalue weighted by molar-refractivity contribution is 7.99. The summed E-state index contributed by atoms with van der Waals surface area (Å²) in [6.07, 6.45) is 7.19. The van der Waals surface area contributed by atoms with Crippen LogP contribution in [0.5, 0.6) is 5.75 Å². The molecule has 0 unspecified atom stereocenters. The fraction of sp³-hybridized carbons (Fsp3) is 0.478. The molecule has 1 aromatic carbocycles. The van der Waals surface area contributed by atoms with E-state index in [1.54, 1.807) is 26.3 Å². The van der Waals surface area contributed by atoms with Gasteiger partial charge < -0.3 is 10.1 Å². The third kappa shape index (κ3) is 6.46. The van der Waals surface area contributed by atoms with Crippen molar-refractivity contribution in [2.24, 2.45) is 0 Å². The van der Waals surface area contributed by atoms with Gasteiger partial charge in [0.15, 0.2) is 0 Å². The minimum atomic E-state index is -3.56. The van der Waals surface area contributed by atoms with Crippen LogP contribution in [0.2, 0.25) is 0 Å². The maximum Gasteiger partial charge on any atom is 0.244 e. The normalized spacial score (nSPS) is 15.0. The summed E-state index contributed by atoms with van der Waals surface area (Å²) < 4.78 is 32.6. The van der Waals surface area contributed by atoms with Crippen molar-refractivity contribution in [3.63, 3.8) is 0 Å². The van der Waals surface area contributed by atoms with Gasteiger partial charge in [-0.25, -0.2) is 13.4 Å². The van der Waals surface area contributed by atoms with Gasteiger partial charge in [0, 0.05) is 25.8 Å². The summed E-state index contributed by atoms with van der Waals surface area (Å²) >= 11 is 1.28. The van der Waals surface area contributed by atoms with Crippen LogP contribution in [0.1, 0.15) is 37.7 Å². The van der Waals surface area contributed by atoms with Gasteiger partial charge in [-0.05, 0) is 43.0 Å². The van der Waals surface area contributed by atoms with Crippen LogP contribution in [-0.4, -0.2) is 56.1 Å². The minimum absolute atomic E-state index is 0.0577. The zero-order valence-corrected chi connectivity index (χ0v) is 20.3. The van der Waals surface area contributed by atoms with Gasteiger partial charge in [-0.1, -0.05) is 49.2 Å². The van der Waals surface area contributed by atoms with Crippen LogP contribution in [-0.2, 0) is 21.2 Å². The zero-order chi connectivity index (χ0) is 23.0. The Bertz CT molecular complexity index is 991. The fourth-order valence-electron chi connectivity index (χ4n) is 3.85. The molecule has 1 heterocycles. The van der Waals surface area contributed by atoms with Crippen molar-refractivity contribution in [2.75, 3.05) is 26.5 Å². The summed E-state index contributed by atoms with van der Waals surface area (Å²) in [6.45, 7) is 0.512. The molecule has 1 aliphatic carbocycles. The molecule has 1 aliphatic rings. The molecule has 7 nitrogen and oxygen atoms in total. The number of hydrogen-bond donors (Lipinski definition) is 1. The molecule has 174 valence electrons. The Kier molecular flexibility index (Phi) is 8.95. The number of carbonyl (C=O) groups is 1. The van der Waals surface area contributed by atoms with Gasteiger partial charge in [-0.15, -0.1) is 0 Å². The first kappa shape index (κ1) is 24.5. The fourth-order valence-corrected chi connectivity index (χ4v) is 5.88. The number of carbonyl (C=O) groups excluding carboxylic acids is 1. The molecule has 0 spiro atoms. The largest absolute Gasteiger partial charge is 0.496 e. The van der Waals surface area contributed by atoms with Crippen molar-refractivity contribution >= 4 is 27.7 Å². The lowest BCUT2D eigenvalue weighted by Gasteiger charge is -2.30. The van der Waals surface area contributed by atoms with Crippen molar-refractivity contribution < 1.29 is 17.9 Å². The summed E-state index contributed by atoms with van der Waals surface area (Å²) in [6, 6.07) is 11.0. The molecule has 1 saturated carbocycles. The van der Waals surface area contributed by atoms with E-state index in [1.807, 2.05) is 24.3 Å². The van der Waals surface area contributed by atoms with Gasteiger partial charge >= 0.3 is 0 Å². The van der Waals surface area contributed by atoms with E-state index < -0.39 is 10.0 Å². The summed E-state index contributed by atoms with van der Waals surface area (Å²) in [5.74, 6) is 0.928. The third-order valence-electron chi connectivity index (χ3n) is 5.74. The monoisotopic (exact) mass is 477 g/mol. The van der Waals surface area contributed by atoms with Crippen LogP contribution in [0.25, 0.3) is 0 Å². The van der Waals surface area contributed by atoms with Crippen LogP contribution in [0.15, 0.2) is 52.5 Å². The SMILES string of the molecule is COc1ccccc1CCNC(=O)CSc1ccc(S(=O)(=O)N(C)C2CCCCC2)cn1. The Morgan fingerprint density at radius 2 is 1.94 bits per heavy atom. The minimum Gasteiger partial charge on any atom is -0.496 e. The molecule has 1 amide bonds. The van der Waals surface area contributed by atoms with Crippen molar-refractivity contribution in [3.8, 4) is 5.75 Å². The lowest BCUT2D eigenvalue weighted by Crippen LogP contribution is -2.38. The summed E-state index contributed by atoms with van der Waals surface area (Å²) in [5, 5.41) is 3.51. The van der Waals surface area contributed by atoms with Crippen LogP contribution < -0.4 is 10.1 Å². The molecule has 2 aromatic rings. The third-order valence-corrected chi connectivity index (χ3v) is 8.57. The smallest absolute Gasteiger partial charge is 0.244 e. The van der Waals surface area contributed by atoms with Gasteiger partial charge in [0.2, 0.25) is 15.9 Å². The number of rotatable bonds is 10. The first-order valence-electron chi connectivity index (χ1n) is 10.9. The van der Waals surface area contributed by atoms with E-state index in [0.717, 1.165) is 37.0 Å². The number of thioether (sulfide) groups is 1. The molecule has 0 saturated heterocycles. The average Bonchev–Trinajstić information content (AvgIpc) is 2.83. The molecular formula is C23H31N3O4S2. The maximum absolute atomic E-state index is 12.9. The second kappa shape index (κ2) is 11.7. The highest BCUT2D eigenvalue weighted by atomic mass is 32.2. The summed E-state index contributed by atoms with van der Waals surface area (Å²) in [7, 11) is -0.272. The second-order valence-electron chi connectivity index (χ2n) is 7.85. The molecule has 0 aliphatic heterocycles. The van der Waals surface area contributed by atoms with Crippen molar-refractivity contribution in [1.82, 2.24) is 14.6 Å². The van der Waals surface area contributed by atoms with Gasteiger partial charge in [0.1, 0.15) is 10.6 Å². The highest BCUT2D eigenvalue weighted by Gasteiger charge is 2.29. The van der Waals surface area contributed by atoms with Crippen LogP contribution in [0.3, 0.4) is 0 Å². The Labute approximate surface area is 195 Å². The van der Waals surface area contributed by atoms with E-state index in [-0.39, 0.29) is 22.6 Å². The number of hydrogen-bond acceptors (Lipinski definition) is 6. The van der Waals surface area contributed by atoms with Gasteiger partial charge in [-0.2, -0.15) is 4.31 Å². The first-order valence-corrected chi connectivity index (χ1v) is 13.3. The summed E-state index contributed by atoms with van der Waals surface area (Å²) in [5.41, 5.74) is 1.04. The van der Waals surface area contributed by atoms with Crippen LogP contribution in [0, 0.1) is 0 Å². The molecule has 1 N–H and O–H groups in total. The maximum atomic E-state index is 12.9. The van der Waals surface area contributed by atoms with E-state index >= 15 is 0 Å². The number of nitrogens with zero attached hydrogens (tertiary/aromatic N) is 2. The Hall–Kier alpha value is -2.10. The molecule has 9 heteroatoms. The number of nitrogens with one attached hydrogen (secondary N) is 1. The molecule has 3 rings (SSSR count). The van der Waals surface area contributed by atoms with E-state index in [2.05, 4.69) is 10.3 Å². The number of para-hydroxylation sites is 1. The number of sulfonamides is 1. The number of ether oxygens (including phenoxy) is 1. The lowest BCUT2D eigenvalue weighted by atomic mass is 9.96. The number of pyridine rings is 1. The Balaban J connectivity index is 1.47. The number of aromatic nitrogens is 1. The molecule has 0 atom stereocenters. The molecule has 0 bridgehead atoms. The van der Waals surface area contributed by atoms with E-state index in [9.17, 15) is 13.2 Å². The van der Waals surface area contributed by atoms with E-state index in [4.69, 9.17) is 4.74 Å². The quantitative estimate of drug-likeness (QED) is 0.527. The molecule has 1 fully saturated rings. The van der Waals surface area contributed by atoms with Gasteiger partial charge in [0.05, 0.1) is 17.9 Å². The molecule has 32 heavy (non-hydrogen) atoms. The predicted molar refractivity (Wildman–Crippen MR) is 126 cm³/mol. The van der Waals surface area contributed by atoms with E-state index in [1.165, 1.54) is 28.7 Å². The van der Waals surface area contributed by atoms with Crippen LogP contribution >= 0.6 is 11.8 Å². The highest BCUT2D eigenvalue weighted by Crippen LogP contribution is 2.27.